The third-order valence-electron chi connectivity index (χ3n) is 3.72. The van der Waals surface area contributed by atoms with Crippen molar-refractivity contribution in [3.8, 4) is 0 Å². The third kappa shape index (κ3) is 5.78. The predicted molar refractivity (Wildman–Crippen MR) is 83.6 cm³/mol. The first-order valence-electron chi connectivity index (χ1n) is 7.56. The molecule has 0 aliphatic heterocycles. The predicted octanol–water partition coefficient (Wildman–Crippen LogP) is 4.86. The smallest absolute Gasteiger partial charge is 0.0660 e. The summed E-state index contributed by atoms with van der Waals surface area (Å²) in [5.74, 6) is 0. The Bertz CT molecular complexity index is 368. The molecule has 0 aliphatic rings. The summed E-state index contributed by atoms with van der Waals surface area (Å²) in [6.07, 6.45) is 5.17. The molecule has 0 fully saturated rings. The van der Waals surface area contributed by atoms with Gasteiger partial charge < -0.3 is 5.11 Å². The van der Waals surface area contributed by atoms with Crippen molar-refractivity contribution in [3.05, 3.63) is 35.4 Å². The lowest BCUT2D eigenvalue weighted by Crippen LogP contribution is -2.27. The van der Waals surface area contributed by atoms with E-state index in [4.69, 9.17) is 0 Å². The van der Waals surface area contributed by atoms with Crippen LogP contribution in [0.2, 0.25) is 0 Å². The highest BCUT2D eigenvalue weighted by molar-refractivity contribution is 5.28. The molecule has 0 aliphatic carbocycles. The fourth-order valence-corrected chi connectivity index (χ4v) is 2.41. The number of unbranched alkanes of at least 4 members (excludes halogenated alkanes) is 2. The molecule has 108 valence electrons. The van der Waals surface area contributed by atoms with Crippen LogP contribution in [0.3, 0.4) is 0 Å². The molecule has 1 rings (SSSR count). The molecule has 1 N–H and O–H groups in total. The van der Waals surface area contributed by atoms with E-state index in [9.17, 15) is 5.11 Å². The maximum atomic E-state index is 10.4. The van der Waals surface area contributed by atoms with E-state index in [2.05, 4.69) is 52.0 Å². The van der Waals surface area contributed by atoms with Crippen molar-refractivity contribution in [3.63, 3.8) is 0 Å². The Morgan fingerprint density at radius 1 is 0.947 bits per heavy atom. The van der Waals surface area contributed by atoms with Crippen LogP contribution in [0.15, 0.2) is 24.3 Å². The molecule has 1 aromatic carbocycles. The second-order valence-electron chi connectivity index (χ2n) is 7.08. The van der Waals surface area contributed by atoms with E-state index in [0.717, 1.165) is 19.3 Å². The number of benzene rings is 1. The lowest BCUT2D eigenvalue weighted by atomic mass is 9.85. The van der Waals surface area contributed by atoms with E-state index in [0.29, 0.717) is 0 Å². The summed E-state index contributed by atoms with van der Waals surface area (Å²) in [7, 11) is 0. The molecule has 1 atom stereocenters. The second kappa shape index (κ2) is 6.56. The van der Waals surface area contributed by atoms with Crippen molar-refractivity contribution in [2.45, 2.75) is 77.7 Å². The lowest BCUT2D eigenvalue weighted by Gasteiger charge is -2.24. The Kier molecular flexibility index (Phi) is 5.61. The van der Waals surface area contributed by atoms with Gasteiger partial charge in [0.05, 0.1) is 5.60 Å². The van der Waals surface area contributed by atoms with E-state index in [1.807, 2.05) is 6.92 Å². The van der Waals surface area contributed by atoms with Crippen molar-refractivity contribution < 1.29 is 5.11 Å². The van der Waals surface area contributed by atoms with Crippen LogP contribution in [-0.2, 0) is 11.8 Å². The Balaban J connectivity index is 2.62. The monoisotopic (exact) mass is 262 g/mol. The second-order valence-corrected chi connectivity index (χ2v) is 7.08. The minimum absolute atomic E-state index is 0.197. The third-order valence-corrected chi connectivity index (χ3v) is 3.72. The fraction of sp³-hybridized carbons (Fsp3) is 0.667. The normalized spacial score (nSPS) is 15.3. The van der Waals surface area contributed by atoms with Gasteiger partial charge in [-0.1, -0.05) is 71.2 Å². The van der Waals surface area contributed by atoms with Gasteiger partial charge in [-0.25, -0.2) is 0 Å². The van der Waals surface area contributed by atoms with Crippen LogP contribution < -0.4 is 0 Å². The van der Waals surface area contributed by atoms with Crippen LogP contribution in [0.25, 0.3) is 0 Å². The van der Waals surface area contributed by atoms with Gasteiger partial charge in [-0.05, 0) is 29.9 Å². The summed E-state index contributed by atoms with van der Waals surface area (Å²) in [4.78, 5) is 0. The standard InChI is InChI=1S/C18H30O/c1-6-7-8-13-18(5,19)14-15-9-11-16(12-10-15)17(2,3)4/h9-12,19H,6-8,13-14H2,1-5H3. The van der Waals surface area contributed by atoms with Gasteiger partial charge in [-0.15, -0.1) is 0 Å². The van der Waals surface area contributed by atoms with Crippen LogP contribution in [0.4, 0.5) is 0 Å². The molecule has 0 radical (unpaired) electrons. The average Bonchev–Trinajstić information content (AvgIpc) is 2.28. The van der Waals surface area contributed by atoms with Crippen LogP contribution in [0.5, 0.6) is 0 Å². The first kappa shape index (κ1) is 16.2. The summed E-state index contributed by atoms with van der Waals surface area (Å²) < 4.78 is 0. The molecule has 0 aromatic heterocycles. The van der Waals surface area contributed by atoms with Crippen LogP contribution >= 0.6 is 0 Å². The Morgan fingerprint density at radius 2 is 1.53 bits per heavy atom. The van der Waals surface area contributed by atoms with Gasteiger partial charge in [-0.3, -0.25) is 0 Å². The molecular weight excluding hydrogens is 232 g/mol. The molecule has 0 heterocycles. The topological polar surface area (TPSA) is 20.2 Å². The van der Waals surface area contributed by atoms with E-state index in [1.165, 1.54) is 24.0 Å². The Morgan fingerprint density at radius 3 is 2.00 bits per heavy atom. The molecule has 0 amide bonds. The fourth-order valence-electron chi connectivity index (χ4n) is 2.41. The molecule has 0 spiro atoms. The molecule has 0 bridgehead atoms. The first-order chi connectivity index (χ1) is 8.74. The molecule has 1 aromatic rings. The zero-order valence-corrected chi connectivity index (χ0v) is 13.3. The van der Waals surface area contributed by atoms with Crippen molar-refractivity contribution in [1.82, 2.24) is 0 Å². The van der Waals surface area contributed by atoms with Crippen molar-refractivity contribution in [2.24, 2.45) is 0 Å². The zero-order chi connectivity index (χ0) is 14.5. The highest BCUT2D eigenvalue weighted by Crippen LogP contribution is 2.24. The maximum Gasteiger partial charge on any atom is 0.0660 e. The summed E-state index contributed by atoms with van der Waals surface area (Å²) in [6.45, 7) is 10.8. The quantitative estimate of drug-likeness (QED) is 0.726. The van der Waals surface area contributed by atoms with Gasteiger partial charge in [0.25, 0.3) is 0 Å². The van der Waals surface area contributed by atoms with E-state index >= 15 is 0 Å². The molecule has 0 saturated heterocycles. The molecule has 1 nitrogen and oxygen atoms in total. The molecule has 19 heavy (non-hydrogen) atoms. The summed E-state index contributed by atoms with van der Waals surface area (Å²) >= 11 is 0. The largest absolute Gasteiger partial charge is 0.390 e. The summed E-state index contributed by atoms with van der Waals surface area (Å²) in [5.41, 5.74) is 2.21. The van der Waals surface area contributed by atoms with Gasteiger partial charge in [0.15, 0.2) is 0 Å². The highest BCUT2D eigenvalue weighted by atomic mass is 16.3. The lowest BCUT2D eigenvalue weighted by molar-refractivity contribution is 0.0486. The van der Waals surface area contributed by atoms with Crippen molar-refractivity contribution in [2.75, 3.05) is 0 Å². The van der Waals surface area contributed by atoms with Crippen molar-refractivity contribution >= 4 is 0 Å². The highest BCUT2D eigenvalue weighted by Gasteiger charge is 2.20. The van der Waals surface area contributed by atoms with Gasteiger partial charge >= 0.3 is 0 Å². The van der Waals surface area contributed by atoms with Crippen LogP contribution in [0.1, 0.15) is 71.4 Å². The van der Waals surface area contributed by atoms with E-state index in [-0.39, 0.29) is 5.41 Å². The molecule has 1 heteroatoms. The number of rotatable bonds is 6. The Hall–Kier alpha value is -0.820. The summed E-state index contributed by atoms with van der Waals surface area (Å²) in [6, 6.07) is 8.71. The van der Waals surface area contributed by atoms with E-state index in [1.54, 1.807) is 0 Å². The average molecular weight is 262 g/mol. The minimum Gasteiger partial charge on any atom is -0.390 e. The molecule has 0 saturated carbocycles. The van der Waals surface area contributed by atoms with Crippen LogP contribution in [-0.4, -0.2) is 10.7 Å². The van der Waals surface area contributed by atoms with Gasteiger partial charge in [0.2, 0.25) is 0 Å². The minimum atomic E-state index is -0.571. The number of aliphatic hydroxyl groups is 1. The van der Waals surface area contributed by atoms with Gasteiger partial charge in [0, 0.05) is 6.42 Å². The summed E-state index contributed by atoms with van der Waals surface area (Å²) in [5, 5.41) is 10.4. The molecular formula is C18H30O. The van der Waals surface area contributed by atoms with Gasteiger partial charge in [0.1, 0.15) is 0 Å². The zero-order valence-electron chi connectivity index (χ0n) is 13.3. The van der Waals surface area contributed by atoms with E-state index < -0.39 is 5.60 Å². The van der Waals surface area contributed by atoms with Crippen molar-refractivity contribution in [1.29, 1.82) is 0 Å². The Labute approximate surface area is 119 Å². The number of hydrogen-bond acceptors (Lipinski definition) is 1. The van der Waals surface area contributed by atoms with Gasteiger partial charge in [-0.2, -0.15) is 0 Å². The molecule has 1 unspecified atom stereocenters. The van der Waals surface area contributed by atoms with Crippen LogP contribution in [0, 0.1) is 0 Å². The first-order valence-corrected chi connectivity index (χ1v) is 7.56. The SMILES string of the molecule is CCCCCC(C)(O)Cc1ccc(C(C)(C)C)cc1. The maximum absolute atomic E-state index is 10.4. The number of hydrogen-bond donors (Lipinski definition) is 1.